The molecule has 5 rings (SSSR count). The summed E-state index contributed by atoms with van der Waals surface area (Å²) in [6, 6.07) is 3.59. The van der Waals surface area contributed by atoms with Crippen LogP contribution in [0.4, 0.5) is 24.5 Å². The Morgan fingerprint density at radius 1 is 1.08 bits per heavy atom. The van der Waals surface area contributed by atoms with Crippen LogP contribution in [0.5, 0.6) is 0 Å². The second kappa shape index (κ2) is 5.14. The van der Waals surface area contributed by atoms with E-state index in [1.807, 2.05) is 0 Å². The smallest absolute Gasteiger partial charge is 0.398 e. The van der Waals surface area contributed by atoms with E-state index in [1.54, 1.807) is 0 Å². The molecule has 4 aliphatic carbocycles. The highest BCUT2D eigenvalue weighted by Crippen LogP contribution is 2.60. The first-order valence-electron chi connectivity index (χ1n) is 8.53. The number of benzene rings is 1. The van der Waals surface area contributed by atoms with Crippen molar-refractivity contribution in [1.29, 1.82) is 0 Å². The molecular weight excluding hydrogens is 317 g/mol. The first-order valence-corrected chi connectivity index (χ1v) is 8.53. The Balaban J connectivity index is 1.57. The van der Waals surface area contributed by atoms with Crippen molar-refractivity contribution in [2.75, 3.05) is 11.1 Å². The predicted octanol–water partition coefficient (Wildman–Crippen LogP) is 4.44. The van der Waals surface area contributed by atoms with Crippen molar-refractivity contribution in [2.24, 2.45) is 23.2 Å². The molecule has 1 aromatic carbocycles. The van der Waals surface area contributed by atoms with Crippen molar-refractivity contribution in [3.63, 3.8) is 0 Å². The highest BCUT2D eigenvalue weighted by molar-refractivity contribution is 5.96. The maximum absolute atomic E-state index is 13.0. The highest BCUT2D eigenvalue weighted by atomic mass is 19.4. The zero-order valence-corrected chi connectivity index (χ0v) is 13.3. The Kier molecular flexibility index (Phi) is 3.38. The summed E-state index contributed by atoms with van der Waals surface area (Å²) in [4.78, 5) is 12.9. The molecule has 0 atom stereocenters. The molecule has 4 fully saturated rings. The van der Waals surface area contributed by atoms with Gasteiger partial charge in [-0.2, -0.15) is 13.2 Å². The number of nitrogen functional groups attached to an aromatic ring is 1. The van der Waals surface area contributed by atoms with Gasteiger partial charge in [0.2, 0.25) is 5.91 Å². The first kappa shape index (κ1) is 15.8. The normalized spacial score (nSPS) is 34.4. The number of hydrogen-bond donors (Lipinski definition) is 2. The van der Waals surface area contributed by atoms with Gasteiger partial charge >= 0.3 is 6.18 Å². The molecule has 4 saturated carbocycles. The Morgan fingerprint density at radius 3 is 2.12 bits per heavy atom. The molecule has 0 unspecified atom stereocenters. The van der Waals surface area contributed by atoms with Crippen LogP contribution in [-0.2, 0) is 11.0 Å². The van der Waals surface area contributed by atoms with Crippen LogP contribution >= 0.6 is 0 Å². The molecule has 0 heterocycles. The minimum atomic E-state index is -4.52. The topological polar surface area (TPSA) is 55.1 Å². The second-order valence-electron chi connectivity index (χ2n) is 7.95. The van der Waals surface area contributed by atoms with Crippen molar-refractivity contribution < 1.29 is 18.0 Å². The van der Waals surface area contributed by atoms with Crippen LogP contribution in [0.15, 0.2) is 18.2 Å². The number of carbonyl (C=O) groups is 1. The minimum absolute atomic E-state index is 0.112. The van der Waals surface area contributed by atoms with Crippen molar-refractivity contribution in [3.05, 3.63) is 23.8 Å². The van der Waals surface area contributed by atoms with E-state index in [4.69, 9.17) is 5.73 Å². The van der Waals surface area contributed by atoms with Gasteiger partial charge in [0, 0.05) is 11.4 Å². The average molecular weight is 338 g/mol. The molecule has 0 spiro atoms. The van der Waals surface area contributed by atoms with Crippen LogP contribution in [-0.4, -0.2) is 5.91 Å². The SMILES string of the molecule is Nc1ccc(NC(=O)C23CC4CC(CC(C4)C2)C3)cc1C(F)(F)F. The van der Waals surface area contributed by atoms with Crippen molar-refractivity contribution in [1.82, 2.24) is 0 Å². The van der Waals surface area contributed by atoms with E-state index in [1.165, 1.54) is 31.4 Å². The summed E-state index contributed by atoms with van der Waals surface area (Å²) < 4.78 is 39.0. The van der Waals surface area contributed by atoms with E-state index < -0.39 is 11.7 Å². The van der Waals surface area contributed by atoms with Gasteiger partial charge in [0.1, 0.15) is 0 Å². The molecule has 6 heteroatoms. The lowest BCUT2D eigenvalue weighted by Gasteiger charge is -2.55. The van der Waals surface area contributed by atoms with E-state index in [9.17, 15) is 18.0 Å². The van der Waals surface area contributed by atoms with Crippen LogP contribution < -0.4 is 11.1 Å². The summed E-state index contributed by atoms with van der Waals surface area (Å²) in [5.74, 6) is 1.72. The van der Waals surface area contributed by atoms with Crippen LogP contribution in [0.2, 0.25) is 0 Å². The summed E-state index contributed by atoms with van der Waals surface area (Å²) in [7, 11) is 0. The predicted molar refractivity (Wildman–Crippen MR) is 85.1 cm³/mol. The zero-order valence-electron chi connectivity index (χ0n) is 13.3. The first-order chi connectivity index (χ1) is 11.2. The zero-order chi connectivity index (χ0) is 17.1. The number of hydrogen-bond acceptors (Lipinski definition) is 2. The molecule has 3 N–H and O–H groups in total. The second-order valence-corrected chi connectivity index (χ2v) is 7.95. The average Bonchev–Trinajstić information content (AvgIpc) is 2.46. The number of alkyl halides is 3. The lowest BCUT2D eigenvalue weighted by molar-refractivity contribution is -0.140. The number of nitrogens with one attached hydrogen (secondary N) is 1. The van der Waals surface area contributed by atoms with Gasteiger partial charge in [0.05, 0.1) is 11.0 Å². The van der Waals surface area contributed by atoms with Gasteiger partial charge in [-0.15, -0.1) is 0 Å². The number of halogens is 3. The fourth-order valence-electron chi connectivity index (χ4n) is 5.53. The number of carbonyl (C=O) groups excluding carboxylic acids is 1. The molecule has 0 saturated heterocycles. The monoisotopic (exact) mass is 338 g/mol. The maximum atomic E-state index is 13.0. The lowest BCUT2D eigenvalue weighted by Crippen LogP contribution is -2.51. The number of amides is 1. The molecule has 4 bridgehead atoms. The Bertz CT molecular complexity index is 648. The van der Waals surface area contributed by atoms with Crippen molar-refractivity contribution in [3.8, 4) is 0 Å². The minimum Gasteiger partial charge on any atom is -0.398 e. The van der Waals surface area contributed by atoms with Gasteiger partial charge in [-0.3, -0.25) is 4.79 Å². The van der Waals surface area contributed by atoms with Gasteiger partial charge in [0.25, 0.3) is 0 Å². The van der Waals surface area contributed by atoms with E-state index in [0.717, 1.165) is 25.3 Å². The summed E-state index contributed by atoms with van der Waals surface area (Å²) in [6.07, 6.45) is 1.77. The van der Waals surface area contributed by atoms with Crippen LogP contribution in [0, 0.1) is 23.2 Å². The Hall–Kier alpha value is -1.72. The maximum Gasteiger partial charge on any atom is 0.418 e. The summed E-state index contributed by atoms with van der Waals surface area (Å²) in [6.45, 7) is 0. The number of rotatable bonds is 2. The molecule has 0 aromatic heterocycles. The van der Waals surface area contributed by atoms with Gasteiger partial charge in [-0.05, 0) is 74.5 Å². The van der Waals surface area contributed by atoms with E-state index in [2.05, 4.69) is 5.32 Å². The molecule has 130 valence electrons. The van der Waals surface area contributed by atoms with Crippen LogP contribution in [0.3, 0.4) is 0 Å². The number of nitrogens with two attached hydrogens (primary N) is 1. The van der Waals surface area contributed by atoms with Gasteiger partial charge < -0.3 is 11.1 Å². The molecule has 4 aliphatic rings. The lowest BCUT2D eigenvalue weighted by atomic mass is 9.49. The van der Waals surface area contributed by atoms with E-state index >= 15 is 0 Å². The molecule has 1 amide bonds. The molecule has 24 heavy (non-hydrogen) atoms. The van der Waals surface area contributed by atoms with Gasteiger partial charge in [0.15, 0.2) is 0 Å². The molecular formula is C18H21F3N2O. The molecule has 3 nitrogen and oxygen atoms in total. The standard InChI is InChI=1S/C18H21F3N2O/c19-18(20,21)14-6-13(1-2-15(14)22)23-16(24)17-7-10-3-11(8-17)5-12(4-10)9-17/h1-2,6,10-12H,3-5,7-9,22H2,(H,23,24). The largest absolute Gasteiger partial charge is 0.418 e. The van der Waals surface area contributed by atoms with Crippen molar-refractivity contribution >= 4 is 17.3 Å². The summed E-state index contributed by atoms with van der Waals surface area (Å²) in [5, 5.41) is 2.74. The van der Waals surface area contributed by atoms with E-state index in [-0.39, 0.29) is 22.7 Å². The molecule has 0 aliphatic heterocycles. The van der Waals surface area contributed by atoms with Gasteiger partial charge in [-0.25, -0.2) is 0 Å². The molecule has 0 radical (unpaired) electrons. The van der Waals surface area contributed by atoms with Crippen LogP contribution in [0.25, 0.3) is 0 Å². The third-order valence-corrected chi connectivity index (χ3v) is 6.14. The van der Waals surface area contributed by atoms with Crippen molar-refractivity contribution in [2.45, 2.75) is 44.7 Å². The number of anilines is 2. The fraction of sp³-hybridized carbons (Fsp3) is 0.611. The van der Waals surface area contributed by atoms with E-state index in [0.29, 0.717) is 17.8 Å². The summed E-state index contributed by atoms with van der Waals surface area (Å²) in [5.41, 5.74) is 4.00. The van der Waals surface area contributed by atoms with Gasteiger partial charge in [-0.1, -0.05) is 0 Å². The quantitative estimate of drug-likeness (QED) is 0.783. The Labute approximate surface area is 138 Å². The summed E-state index contributed by atoms with van der Waals surface area (Å²) >= 11 is 0. The third kappa shape index (κ3) is 2.56. The van der Waals surface area contributed by atoms with Crippen LogP contribution in [0.1, 0.15) is 44.1 Å². The third-order valence-electron chi connectivity index (χ3n) is 6.14. The highest BCUT2D eigenvalue weighted by Gasteiger charge is 2.54. The Morgan fingerprint density at radius 2 is 1.62 bits per heavy atom. The molecule has 1 aromatic rings. The fourth-order valence-corrected chi connectivity index (χ4v) is 5.53.